The number of amidine groups is 1. The van der Waals surface area contributed by atoms with Crippen molar-refractivity contribution >= 4 is 5.84 Å². The standard InChI is InChI=1S/C13H21N3O2/c1-9(17)13(2,3)15-8-10-5-4-6-11(7-10)12(14)16-18/h4-7,9,15,17-18H,8H2,1-3H3,(H2,14,16). The molecule has 0 spiro atoms. The molecule has 1 rings (SSSR count). The second kappa shape index (κ2) is 5.84. The summed E-state index contributed by atoms with van der Waals surface area (Å²) in [6, 6.07) is 7.41. The third-order valence-electron chi connectivity index (χ3n) is 3.12. The largest absolute Gasteiger partial charge is 0.409 e. The second-order valence-corrected chi connectivity index (χ2v) is 4.94. The van der Waals surface area contributed by atoms with Crippen LogP contribution in [0.4, 0.5) is 0 Å². The molecule has 0 saturated carbocycles. The normalized spacial score (nSPS) is 14.6. The predicted molar refractivity (Wildman–Crippen MR) is 71.6 cm³/mol. The highest BCUT2D eigenvalue weighted by atomic mass is 16.4. The molecule has 0 heterocycles. The van der Waals surface area contributed by atoms with Gasteiger partial charge in [-0.3, -0.25) is 0 Å². The summed E-state index contributed by atoms with van der Waals surface area (Å²) in [6.45, 7) is 6.22. The van der Waals surface area contributed by atoms with Gasteiger partial charge in [-0.25, -0.2) is 0 Å². The van der Waals surface area contributed by atoms with Crippen LogP contribution in [0, 0.1) is 0 Å². The van der Waals surface area contributed by atoms with E-state index in [4.69, 9.17) is 10.9 Å². The zero-order chi connectivity index (χ0) is 13.8. The molecule has 1 aromatic rings. The summed E-state index contributed by atoms with van der Waals surface area (Å²) in [6.07, 6.45) is -0.454. The lowest BCUT2D eigenvalue weighted by Crippen LogP contribution is -2.47. The number of nitrogens with two attached hydrogens (primary N) is 1. The fraction of sp³-hybridized carbons (Fsp3) is 0.462. The molecule has 0 fully saturated rings. The number of nitrogens with one attached hydrogen (secondary N) is 1. The number of oxime groups is 1. The van der Waals surface area contributed by atoms with Gasteiger partial charge in [-0.2, -0.15) is 0 Å². The predicted octanol–water partition coefficient (Wildman–Crippen LogP) is 1.03. The van der Waals surface area contributed by atoms with E-state index in [1.54, 1.807) is 13.0 Å². The van der Waals surface area contributed by atoms with Crippen molar-refractivity contribution in [2.24, 2.45) is 10.9 Å². The lowest BCUT2D eigenvalue weighted by Gasteiger charge is -2.29. The Balaban J connectivity index is 2.75. The van der Waals surface area contributed by atoms with Crippen LogP contribution >= 0.6 is 0 Å². The summed E-state index contributed by atoms with van der Waals surface area (Å²) in [4.78, 5) is 0. The molecule has 5 heteroatoms. The number of hydrogen-bond donors (Lipinski definition) is 4. The van der Waals surface area contributed by atoms with Crippen LogP contribution in [0.2, 0.25) is 0 Å². The molecule has 0 radical (unpaired) electrons. The van der Waals surface area contributed by atoms with Crippen molar-refractivity contribution in [3.05, 3.63) is 35.4 Å². The van der Waals surface area contributed by atoms with E-state index in [9.17, 15) is 5.11 Å². The summed E-state index contributed by atoms with van der Waals surface area (Å²) < 4.78 is 0. The van der Waals surface area contributed by atoms with Gasteiger partial charge in [-0.1, -0.05) is 23.4 Å². The number of benzene rings is 1. The lowest BCUT2D eigenvalue weighted by molar-refractivity contribution is 0.0956. The monoisotopic (exact) mass is 251 g/mol. The van der Waals surface area contributed by atoms with Gasteiger partial charge in [0.05, 0.1) is 6.10 Å². The molecule has 0 saturated heterocycles. The number of hydrogen-bond acceptors (Lipinski definition) is 4. The van der Waals surface area contributed by atoms with Gasteiger partial charge in [0, 0.05) is 17.6 Å². The SMILES string of the molecule is CC(O)C(C)(C)NCc1cccc(/C(N)=N/O)c1. The number of rotatable bonds is 5. The van der Waals surface area contributed by atoms with Crippen LogP contribution in [0.5, 0.6) is 0 Å². The first-order valence-electron chi connectivity index (χ1n) is 5.86. The molecule has 0 amide bonds. The molecule has 5 nitrogen and oxygen atoms in total. The van der Waals surface area contributed by atoms with Gasteiger partial charge in [0.25, 0.3) is 0 Å². The first-order valence-corrected chi connectivity index (χ1v) is 5.86. The Morgan fingerprint density at radius 3 is 2.72 bits per heavy atom. The van der Waals surface area contributed by atoms with Crippen LogP contribution in [-0.4, -0.2) is 27.8 Å². The van der Waals surface area contributed by atoms with E-state index in [-0.39, 0.29) is 11.4 Å². The molecule has 100 valence electrons. The van der Waals surface area contributed by atoms with Crippen molar-refractivity contribution in [1.82, 2.24) is 5.32 Å². The van der Waals surface area contributed by atoms with E-state index in [2.05, 4.69) is 10.5 Å². The molecule has 1 aromatic carbocycles. The van der Waals surface area contributed by atoms with E-state index in [0.717, 1.165) is 5.56 Å². The minimum absolute atomic E-state index is 0.0895. The molecule has 1 atom stereocenters. The Morgan fingerprint density at radius 2 is 2.17 bits per heavy atom. The van der Waals surface area contributed by atoms with Crippen molar-refractivity contribution < 1.29 is 10.3 Å². The molecule has 18 heavy (non-hydrogen) atoms. The Labute approximate surface area is 107 Å². The van der Waals surface area contributed by atoms with Crippen molar-refractivity contribution in [2.45, 2.75) is 39.0 Å². The molecule has 0 aliphatic carbocycles. The van der Waals surface area contributed by atoms with Gasteiger partial charge in [0.15, 0.2) is 5.84 Å². The van der Waals surface area contributed by atoms with Gasteiger partial charge in [-0.15, -0.1) is 0 Å². The summed E-state index contributed by atoms with van der Waals surface area (Å²) in [7, 11) is 0. The smallest absolute Gasteiger partial charge is 0.170 e. The Bertz CT molecular complexity index is 428. The summed E-state index contributed by atoms with van der Waals surface area (Å²) >= 11 is 0. The van der Waals surface area contributed by atoms with Gasteiger partial charge in [-0.05, 0) is 32.4 Å². The quantitative estimate of drug-likeness (QED) is 0.272. The third-order valence-corrected chi connectivity index (χ3v) is 3.12. The maximum atomic E-state index is 9.60. The van der Waals surface area contributed by atoms with Gasteiger partial charge >= 0.3 is 0 Å². The van der Waals surface area contributed by atoms with Gasteiger partial charge < -0.3 is 21.4 Å². The van der Waals surface area contributed by atoms with Gasteiger partial charge in [0.1, 0.15) is 0 Å². The van der Waals surface area contributed by atoms with Crippen LogP contribution < -0.4 is 11.1 Å². The van der Waals surface area contributed by atoms with Crippen LogP contribution in [0.1, 0.15) is 31.9 Å². The maximum absolute atomic E-state index is 9.60. The zero-order valence-electron chi connectivity index (χ0n) is 11.0. The molecule has 5 N–H and O–H groups in total. The Kier molecular flexibility index (Phi) is 4.69. The summed E-state index contributed by atoms with van der Waals surface area (Å²) in [5.41, 5.74) is 6.84. The Hall–Kier alpha value is -1.59. The molecular formula is C13H21N3O2. The van der Waals surface area contributed by atoms with Crippen LogP contribution in [-0.2, 0) is 6.54 Å². The molecule has 1 unspecified atom stereocenters. The highest BCUT2D eigenvalue weighted by molar-refractivity contribution is 5.97. The minimum Gasteiger partial charge on any atom is -0.409 e. The maximum Gasteiger partial charge on any atom is 0.170 e. The van der Waals surface area contributed by atoms with E-state index in [0.29, 0.717) is 12.1 Å². The fourth-order valence-corrected chi connectivity index (χ4v) is 1.38. The molecule has 0 aromatic heterocycles. The highest BCUT2D eigenvalue weighted by Crippen LogP contribution is 2.11. The van der Waals surface area contributed by atoms with E-state index in [1.165, 1.54) is 0 Å². The number of nitrogens with zero attached hydrogens (tertiary/aromatic N) is 1. The second-order valence-electron chi connectivity index (χ2n) is 4.94. The van der Waals surface area contributed by atoms with Gasteiger partial charge in [0.2, 0.25) is 0 Å². The van der Waals surface area contributed by atoms with Crippen molar-refractivity contribution in [3.63, 3.8) is 0 Å². The summed E-state index contributed by atoms with van der Waals surface area (Å²) in [5.74, 6) is 0.0895. The topological polar surface area (TPSA) is 90.9 Å². The third kappa shape index (κ3) is 3.72. The minimum atomic E-state index is -0.454. The van der Waals surface area contributed by atoms with E-state index < -0.39 is 6.10 Å². The number of aliphatic hydroxyl groups is 1. The van der Waals surface area contributed by atoms with E-state index in [1.807, 2.05) is 32.0 Å². The van der Waals surface area contributed by atoms with Crippen LogP contribution in [0.3, 0.4) is 0 Å². The van der Waals surface area contributed by atoms with Crippen molar-refractivity contribution in [1.29, 1.82) is 0 Å². The lowest BCUT2D eigenvalue weighted by atomic mass is 9.98. The van der Waals surface area contributed by atoms with Crippen molar-refractivity contribution in [3.8, 4) is 0 Å². The average Bonchev–Trinajstić information content (AvgIpc) is 2.35. The zero-order valence-corrected chi connectivity index (χ0v) is 11.0. The first-order chi connectivity index (χ1) is 8.36. The highest BCUT2D eigenvalue weighted by Gasteiger charge is 2.22. The summed E-state index contributed by atoms with van der Waals surface area (Å²) in [5, 5.41) is 24.5. The average molecular weight is 251 g/mol. The molecule has 0 aliphatic rings. The van der Waals surface area contributed by atoms with Crippen LogP contribution in [0.15, 0.2) is 29.4 Å². The van der Waals surface area contributed by atoms with Crippen molar-refractivity contribution in [2.75, 3.05) is 0 Å². The molecule has 0 aliphatic heterocycles. The Morgan fingerprint density at radius 1 is 1.50 bits per heavy atom. The fourth-order valence-electron chi connectivity index (χ4n) is 1.38. The van der Waals surface area contributed by atoms with Crippen LogP contribution in [0.25, 0.3) is 0 Å². The molecular weight excluding hydrogens is 230 g/mol. The molecule has 0 bridgehead atoms. The number of aliphatic hydroxyl groups excluding tert-OH is 1. The van der Waals surface area contributed by atoms with E-state index >= 15 is 0 Å². The first kappa shape index (κ1) is 14.5.